The Morgan fingerprint density at radius 3 is 0.587 bits per heavy atom. The highest BCUT2D eigenvalue weighted by Crippen LogP contribution is 2.57. The molecule has 0 bridgehead atoms. The molecular formula is C42H42Br2P2. The Bertz CT molecular complexity index is 1360. The Kier molecular flexibility index (Phi) is 14.0. The molecule has 0 aromatic heterocycles. The molecule has 0 nitrogen and oxygen atoms in total. The van der Waals surface area contributed by atoms with Crippen LogP contribution in [0.25, 0.3) is 0 Å². The summed E-state index contributed by atoms with van der Waals surface area (Å²) in [6.45, 7) is 0. The second-order valence-electron chi connectivity index (χ2n) is 11.5. The summed E-state index contributed by atoms with van der Waals surface area (Å²) in [6.07, 6.45) is 7.32. The van der Waals surface area contributed by atoms with E-state index in [1.807, 2.05) is 0 Å². The Balaban J connectivity index is 0.00000240. The molecule has 0 saturated heterocycles. The highest BCUT2D eigenvalue weighted by molar-refractivity contribution is 7.96. The largest absolute Gasteiger partial charge is 1.00 e. The molecule has 0 aliphatic carbocycles. The average Bonchev–Trinajstić information content (AvgIpc) is 3.12. The zero-order valence-corrected chi connectivity index (χ0v) is 31.2. The summed E-state index contributed by atoms with van der Waals surface area (Å²) in [5.74, 6) is 0. The lowest BCUT2D eigenvalue weighted by molar-refractivity contribution is -0.00100. The van der Waals surface area contributed by atoms with Gasteiger partial charge in [-0.25, -0.2) is 0 Å². The van der Waals surface area contributed by atoms with Gasteiger partial charge >= 0.3 is 0 Å². The van der Waals surface area contributed by atoms with Crippen LogP contribution in [0, 0.1) is 0 Å². The van der Waals surface area contributed by atoms with Gasteiger partial charge in [0.25, 0.3) is 0 Å². The standard InChI is InChI=1S/C42H42P2.2BrH/c1(21-35-43(37-23-9-3-10-24-37,38-25-11-4-12-26-38)39-27-13-5-14-28-39)2-22-36-44(40-29-15-6-16-30-40,41-31-17-7-18-32-41)42-33-19-8-20-34-42;;/h3-20,23-34H,1-2,21-22,35-36H2;2*1H/q+2;;/p-2. The quantitative estimate of drug-likeness (QED) is 0.125. The molecule has 6 aromatic carbocycles. The van der Waals surface area contributed by atoms with E-state index in [9.17, 15) is 0 Å². The first-order valence-electron chi connectivity index (χ1n) is 15.9. The van der Waals surface area contributed by atoms with Crippen LogP contribution in [-0.2, 0) is 0 Å². The van der Waals surface area contributed by atoms with Gasteiger partial charge in [-0.1, -0.05) is 109 Å². The third-order valence-electron chi connectivity index (χ3n) is 8.92. The van der Waals surface area contributed by atoms with Crippen LogP contribution in [0.15, 0.2) is 182 Å². The monoisotopic (exact) mass is 766 g/mol. The van der Waals surface area contributed by atoms with Crippen molar-refractivity contribution in [1.29, 1.82) is 0 Å². The molecule has 4 heteroatoms. The maximum absolute atomic E-state index is 2.37. The summed E-state index contributed by atoms with van der Waals surface area (Å²) in [7, 11) is -3.54. The van der Waals surface area contributed by atoms with Crippen molar-refractivity contribution >= 4 is 46.4 Å². The van der Waals surface area contributed by atoms with Crippen LogP contribution in [0.2, 0.25) is 0 Å². The molecule has 0 atom stereocenters. The molecule has 0 unspecified atom stereocenters. The summed E-state index contributed by atoms with van der Waals surface area (Å²) in [6, 6.07) is 67.9. The van der Waals surface area contributed by atoms with Crippen LogP contribution in [0.4, 0.5) is 0 Å². The molecule has 0 spiro atoms. The van der Waals surface area contributed by atoms with E-state index < -0.39 is 14.5 Å². The molecule has 0 fully saturated rings. The van der Waals surface area contributed by atoms with Crippen molar-refractivity contribution in [3.05, 3.63) is 182 Å². The van der Waals surface area contributed by atoms with E-state index in [-0.39, 0.29) is 34.0 Å². The molecular weight excluding hydrogens is 726 g/mol. The van der Waals surface area contributed by atoms with E-state index in [1.54, 1.807) is 0 Å². The van der Waals surface area contributed by atoms with Crippen LogP contribution >= 0.6 is 14.5 Å². The predicted molar refractivity (Wildman–Crippen MR) is 198 cm³/mol. The normalized spacial score (nSPS) is 11.2. The lowest BCUT2D eigenvalue weighted by Gasteiger charge is -2.28. The lowest BCUT2D eigenvalue weighted by Crippen LogP contribution is -3.00. The fraction of sp³-hybridized carbons (Fsp3) is 0.143. The van der Waals surface area contributed by atoms with Crippen molar-refractivity contribution in [3.63, 3.8) is 0 Å². The van der Waals surface area contributed by atoms with E-state index in [0.717, 1.165) is 0 Å². The maximum atomic E-state index is 2.37. The van der Waals surface area contributed by atoms with E-state index in [4.69, 9.17) is 0 Å². The topological polar surface area (TPSA) is 0 Å². The first kappa shape index (κ1) is 36.0. The molecule has 6 rings (SSSR count). The number of hydrogen-bond donors (Lipinski definition) is 0. The number of benzene rings is 6. The number of rotatable bonds is 13. The Morgan fingerprint density at radius 2 is 0.413 bits per heavy atom. The molecule has 0 N–H and O–H groups in total. The highest BCUT2D eigenvalue weighted by atomic mass is 79.9. The number of halogens is 2. The molecule has 234 valence electrons. The van der Waals surface area contributed by atoms with Gasteiger partial charge in [0, 0.05) is 0 Å². The number of hydrogen-bond acceptors (Lipinski definition) is 0. The van der Waals surface area contributed by atoms with Crippen molar-refractivity contribution in [2.24, 2.45) is 0 Å². The summed E-state index contributed by atoms with van der Waals surface area (Å²) in [5.41, 5.74) is 0. The van der Waals surface area contributed by atoms with Gasteiger partial charge in [-0.2, -0.15) is 0 Å². The fourth-order valence-corrected chi connectivity index (χ4v) is 15.6. The third kappa shape index (κ3) is 7.81. The minimum Gasteiger partial charge on any atom is -1.00 e. The SMILES string of the molecule is [Br-].[Br-].c1ccc([P+](CCCCCC[P+](c2ccccc2)(c2ccccc2)c2ccccc2)(c2ccccc2)c2ccccc2)cc1. The summed E-state index contributed by atoms with van der Waals surface area (Å²) >= 11 is 0. The van der Waals surface area contributed by atoms with Crippen molar-refractivity contribution in [2.45, 2.75) is 25.7 Å². The van der Waals surface area contributed by atoms with Crippen molar-refractivity contribution in [2.75, 3.05) is 12.3 Å². The van der Waals surface area contributed by atoms with Crippen LogP contribution in [0.5, 0.6) is 0 Å². The second kappa shape index (κ2) is 17.9. The zero-order chi connectivity index (χ0) is 29.9. The van der Waals surface area contributed by atoms with Gasteiger partial charge in [0.05, 0.1) is 12.3 Å². The van der Waals surface area contributed by atoms with Gasteiger partial charge in [-0.05, 0) is 98.5 Å². The van der Waals surface area contributed by atoms with E-state index >= 15 is 0 Å². The summed E-state index contributed by atoms with van der Waals surface area (Å²) in [5, 5.41) is 8.91. The lowest BCUT2D eigenvalue weighted by atomic mass is 10.2. The minimum absolute atomic E-state index is 0. The Morgan fingerprint density at radius 1 is 0.239 bits per heavy atom. The van der Waals surface area contributed by atoms with Crippen LogP contribution in [0.1, 0.15) is 25.7 Å². The molecule has 0 amide bonds. The first-order valence-corrected chi connectivity index (χ1v) is 19.9. The van der Waals surface area contributed by atoms with Crippen molar-refractivity contribution < 1.29 is 34.0 Å². The molecule has 46 heavy (non-hydrogen) atoms. The van der Waals surface area contributed by atoms with E-state index in [0.29, 0.717) is 0 Å². The van der Waals surface area contributed by atoms with E-state index in [1.165, 1.54) is 69.8 Å². The Hall–Kier alpha value is -2.86. The highest BCUT2D eigenvalue weighted by Gasteiger charge is 2.46. The van der Waals surface area contributed by atoms with Gasteiger partial charge in [0.2, 0.25) is 0 Å². The number of unbranched alkanes of at least 4 members (excludes halogenated alkanes) is 3. The molecule has 0 saturated carbocycles. The van der Waals surface area contributed by atoms with Crippen molar-refractivity contribution in [3.8, 4) is 0 Å². The van der Waals surface area contributed by atoms with Gasteiger partial charge in [-0.3, -0.25) is 0 Å². The first-order chi connectivity index (χ1) is 21.8. The van der Waals surface area contributed by atoms with Crippen LogP contribution < -0.4 is 65.8 Å². The van der Waals surface area contributed by atoms with Gasteiger partial charge in [0.1, 0.15) is 46.4 Å². The average molecular weight is 769 g/mol. The molecule has 0 aliphatic heterocycles. The summed E-state index contributed by atoms with van der Waals surface area (Å²) < 4.78 is 0. The van der Waals surface area contributed by atoms with Crippen LogP contribution in [0.3, 0.4) is 0 Å². The van der Waals surface area contributed by atoms with Crippen molar-refractivity contribution in [1.82, 2.24) is 0 Å². The van der Waals surface area contributed by atoms with E-state index in [2.05, 4.69) is 182 Å². The fourth-order valence-electron chi connectivity index (χ4n) is 6.82. The smallest absolute Gasteiger partial charge is 0.112 e. The van der Waals surface area contributed by atoms with Crippen LogP contribution in [-0.4, -0.2) is 12.3 Å². The molecule has 0 radical (unpaired) electrons. The second-order valence-corrected chi connectivity index (χ2v) is 18.7. The van der Waals surface area contributed by atoms with Gasteiger partial charge in [0.15, 0.2) is 0 Å². The third-order valence-corrected chi connectivity index (χ3v) is 18.0. The summed E-state index contributed by atoms with van der Waals surface area (Å²) in [4.78, 5) is 0. The van der Waals surface area contributed by atoms with Gasteiger partial charge in [-0.15, -0.1) is 0 Å². The van der Waals surface area contributed by atoms with Gasteiger partial charge < -0.3 is 34.0 Å². The molecule has 0 aliphatic rings. The molecule has 6 aromatic rings. The molecule has 0 heterocycles. The maximum Gasteiger partial charge on any atom is 0.112 e. The minimum atomic E-state index is -1.77. The predicted octanol–water partition coefficient (Wildman–Crippen LogP) is 2.54. The zero-order valence-electron chi connectivity index (χ0n) is 26.2. The Labute approximate surface area is 298 Å².